The molecule has 1 heterocycles. The Labute approximate surface area is 61.5 Å². The van der Waals surface area contributed by atoms with Crippen molar-refractivity contribution in [2.45, 2.75) is 0 Å². The van der Waals surface area contributed by atoms with E-state index in [2.05, 4.69) is 10.2 Å². The maximum atomic E-state index is 12.8. The first-order valence-corrected chi connectivity index (χ1v) is 3.09. The number of aromatic amines is 1. The number of benzene rings is 1. The van der Waals surface area contributed by atoms with Gasteiger partial charge in [0.25, 0.3) is 0 Å². The molecule has 1 aromatic carbocycles. The SMILES string of the molecule is Oc1cc(F)c2[nH]ncc2c1. The molecule has 11 heavy (non-hydrogen) atoms. The summed E-state index contributed by atoms with van der Waals surface area (Å²) in [7, 11) is 0. The molecule has 0 aliphatic heterocycles. The Morgan fingerprint density at radius 2 is 2.27 bits per heavy atom. The Kier molecular flexibility index (Phi) is 1.09. The van der Waals surface area contributed by atoms with Gasteiger partial charge in [-0.05, 0) is 6.07 Å². The van der Waals surface area contributed by atoms with Gasteiger partial charge in [0.05, 0.1) is 6.20 Å². The molecule has 56 valence electrons. The van der Waals surface area contributed by atoms with Crippen LogP contribution in [0.4, 0.5) is 4.39 Å². The van der Waals surface area contributed by atoms with Crippen LogP contribution in [0.25, 0.3) is 10.9 Å². The summed E-state index contributed by atoms with van der Waals surface area (Å²) in [6.07, 6.45) is 1.46. The highest BCUT2D eigenvalue weighted by atomic mass is 19.1. The minimum Gasteiger partial charge on any atom is -0.508 e. The van der Waals surface area contributed by atoms with Gasteiger partial charge in [-0.25, -0.2) is 4.39 Å². The summed E-state index contributed by atoms with van der Waals surface area (Å²) in [4.78, 5) is 0. The largest absolute Gasteiger partial charge is 0.508 e. The van der Waals surface area contributed by atoms with Crippen molar-refractivity contribution in [1.82, 2.24) is 10.2 Å². The van der Waals surface area contributed by atoms with Crippen LogP contribution in [0, 0.1) is 5.82 Å². The predicted octanol–water partition coefficient (Wildman–Crippen LogP) is 1.41. The van der Waals surface area contributed by atoms with Gasteiger partial charge in [-0.15, -0.1) is 0 Å². The van der Waals surface area contributed by atoms with E-state index >= 15 is 0 Å². The number of hydrogen-bond donors (Lipinski definition) is 2. The fraction of sp³-hybridized carbons (Fsp3) is 0. The number of aromatic nitrogens is 2. The fourth-order valence-electron chi connectivity index (χ4n) is 0.999. The summed E-state index contributed by atoms with van der Waals surface area (Å²) in [5.41, 5.74) is 0.322. The van der Waals surface area contributed by atoms with Gasteiger partial charge >= 0.3 is 0 Å². The zero-order chi connectivity index (χ0) is 7.84. The van der Waals surface area contributed by atoms with Crippen molar-refractivity contribution < 1.29 is 9.50 Å². The average molecular weight is 152 g/mol. The van der Waals surface area contributed by atoms with Crippen LogP contribution in [0.15, 0.2) is 18.3 Å². The maximum Gasteiger partial charge on any atom is 0.152 e. The quantitative estimate of drug-likeness (QED) is 0.599. The molecule has 0 atom stereocenters. The first-order chi connectivity index (χ1) is 5.27. The number of rotatable bonds is 0. The lowest BCUT2D eigenvalue weighted by Gasteiger charge is -1.92. The van der Waals surface area contributed by atoms with Crippen LogP contribution in [0.2, 0.25) is 0 Å². The molecular weight excluding hydrogens is 147 g/mol. The van der Waals surface area contributed by atoms with Gasteiger partial charge in [-0.2, -0.15) is 5.10 Å². The second-order valence-corrected chi connectivity index (χ2v) is 2.26. The van der Waals surface area contributed by atoms with Gasteiger partial charge < -0.3 is 5.11 Å². The normalized spacial score (nSPS) is 10.6. The summed E-state index contributed by atoms with van der Waals surface area (Å²) < 4.78 is 12.8. The van der Waals surface area contributed by atoms with Crippen LogP contribution in [0.5, 0.6) is 5.75 Å². The number of aromatic hydroxyl groups is 1. The summed E-state index contributed by atoms with van der Waals surface area (Å²) in [6, 6.07) is 2.49. The molecule has 0 amide bonds. The Morgan fingerprint density at radius 3 is 3.09 bits per heavy atom. The summed E-state index contributed by atoms with van der Waals surface area (Å²) >= 11 is 0. The van der Waals surface area contributed by atoms with E-state index in [4.69, 9.17) is 5.11 Å². The lowest BCUT2D eigenvalue weighted by molar-refractivity contribution is 0.471. The third-order valence-corrected chi connectivity index (χ3v) is 1.49. The Bertz CT molecular complexity index is 396. The topological polar surface area (TPSA) is 48.9 Å². The molecule has 2 aromatic rings. The summed E-state index contributed by atoms with van der Waals surface area (Å²) in [5.74, 6) is -0.575. The fourth-order valence-corrected chi connectivity index (χ4v) is 0.999. The van der Waals surface area contributed by atoms with Crippen LogP contribution in [0.1, 0.15) is 0 Å². The van der Waals surface area contributed by atoms with E-state index in [9.17, 15) is 4.39 Å². The zero-order valence-corrected chi connectivity index (χ0v) is 5.50. The number of phenolic OH excluding ortho intramolecular Hbond substituents is 1. The number of hydrogen-bond acceptors (Lipinski definition) is 2. The lowest BCUT2D eigenvalue weighted by atomic mass is 10.2. The van der Waals surface area contributed by atoms with Crippen LogP contribution in [0.3, 0.4) is 0 Å². The summed E-state index contributed by atoms with van der Waals surface area (Å²) in [6.45, 7) is 0. The second kappa shape index (κ2) is 1.95. The number of phenols is 1. The smallest absolute Gasteiger partial charge is 0.152 e. The van der Waals surface area contributed by atoms with Gasteiger partial charge in [0.2, 0.25) is 0 Å². The maximum absolute atomic E-state index is 12.8. The Morgan fingerprint density at radius 1 is 1.45 bits per heavy atom. The number of halogens is 1. The molecule has 0 aliphatic carbocycles. The van der Waals surface area contributed by atoms with Crippen LogP contribution >= 0.6 is 0 Å². The van der Waals surface area contributed by atoms with Gasteiger partial charge in [-0.1, -0.05) is 0 Å². The van der Waals surface area contributed by atoms with E-state index in [0.29, 0.717) is 10.9 Å². The molecular formula is C7H5FN2O. The van der Waals surface area contributed by atoms with Crippen molar-refractivity contribution in [1.29, 1.82) is 0 Å². The zero-order valence-electron chi connectivity index (χ0n) is 5.50. The van der Waals surface area contributed by atoms with Crippen molar-refractivity contribution in [3.63, 3.8) is 0 Å². The van der Waals surface area contributed by atoms with Gasteiger partial charge in [0.1, 0.15) is 11.3 Å². The predicted molar refractivity (Wildman–Crippen MR) is 37.7 cm³/mol. The van der Waals surface area contributed by atoms with Gasteiger partial charge in [0.15, 0.2) is 5.82 Å². The second-order valence-electron chi connectivity index (χ2n) is 2.26. The Hall–Kier alpha value is -1.58. The molecule has 2 N–H and O–H groups in total. The molecule has 3 nitrogen and oxygen atoms in total. The van der Waals surface area contributed by atoms with Crippen LogP contribution in [-0.4, -0.2) is 15.3 Å². The molecule has 0 bridgehead atoms. The van der Waals surface area contributed by atoms with E-state index in [0.717, 1.165) is 6.07 Å². The van der Waals surface area contributed by atoms with Crippen molar-refractivity contribution >= 4 is 10.9 Å². The molecule has 1 aromatic heterocycles. The van der Waals surface area contributed by atoms with E-state index < -0.39 is 5.82 Å². The molecule has 0 spiro atoms. The van der Waals surface area contributed by atoms with Crippen molar-refractivity contribution in [3.05, 3.63) is 24.1 Å². The molecule has 0 fully saturated rings. The third kappa shape index (κ3) is 0.832. The molecule has 4 heteroatoms. The first kappa shape index (κ1) is 6.15. The monoisotopic (exact) mass is 152 g/mol. The van der Waals surface area contributed by atoms with Crippen LogP contribution in [-0.2, 0) is 0 Å². The van der Waals surface area contributed by atoms with Crippen molar-refractivity contribution in [2.24, 2.45) is 0 Å². The molecule has 2 rings (SSSR count). The van der Waals surface area contributed by atoms with E-state index in [1.807, 2.05) is 0 Å². The minimum absolute atomic E-state index is 0.0867. The number of fused-ring (bicyclic) bond motifs is 1. The van der Waals surface area contributed by atoms with E-state index in [1.54, 1.807) is 0 Å². The molecule has 0 aliphatic rings. The van der Waals surface area contributed by atoms with Crippen molar-refractivity contribution in [3.8, 4) is 5.75 Å². The van der Waals surface area contributed by atoms with E-state index in [-0.39, 0.29) is 5.75 Å². The molecule has 0 unspecified atom stereocenters. The highest BCUT2D eigenvalue weighted by Gasteiger charge is 2.03. The van der Waals surface area contributed by atoms with Gasteiger partial charge in [-0.3, -0.25) is 5.10 Å². The first-order valence-electron chi connectivity index (χ1n) is 3.09. The standard InChI is InChI=1S/C7H5FN2O/c8-6-2-5(11)1-4-3-9-10-7(4)6/h1-3,11H,(H,9,10). The van der Waals surface area contributed by atoms with Gasteiger partial charge in [0, 0.05) is 11.5 Å². The van der Waals surface area contributed by atoms with Crippen molar-refractivity contribution in [2.75, 3.05) is 0 Å². The number of nitrogens with one attached hydrogen (secondary N) is 1. The number of nitrogens with zero attached hydrogens (tertiary/aromatic N) is 1. The van der Waals surface area contributed by atoms with Crippen LogP contribution < -0.4 is 0 Å². The third-order valence-electron chi connectivity index (χ3n) is 1.49. The highest BCUT2D eigenvalue weighted by Crippen LogP contribution is 2.20. The average Bonchev–Trinajstić information content (AvgIpc) is 2.34. The summed E-state index contributed by atoms with van der Waals surface area (Å²) in [5, 5.41) is 15.6. The minimum atomic E-state index is -0.488. The molecule has 0 radical (unpaired) electrons. The van der Waals surface area contributed by atoms with E-state index in [1.165, 1.54) is 12.3 Å². The molecule has 0 saturated heterocycles. The molecule has 0 saturated carbocycles. The lowest BCUT2D eigenvalue weighted by Crippen LogP contribution is -1.76. The highest BCUT2D eigenvalue weighted by molar-refractivity contribution is 5.79. The number of H-pyrrole nitrogens is 1. The Balaban J connectivity index is 2.91.